The van der Waals surface area contributed by atoms with Crippen LogP contribution in [0, 0.1) is 11.3 Å². The average Bonchev–Trinajstić information content (AvgIpc) is 3.12. The molecule has 1 aromatic carbocycles. The van der Waals surface area contributed by atoms with Crippen molar-refractivity contribution in [2.75, 3.05) is 0 Å². The van der Waals surface area contributed by atoms with Gasteiger partial charge in [0.1, 0.15) is 28.5 Å². The molecule has 0 bridgehead atoms. The maximum Gasteiger partial charge on any atom is 0.404 e. The van der Waals surface area contributed by atoms with Crippen LogP contribution in [0.5, 0.6) is 0 Å². The van der Waals surface area contributed by atoms with Crippen molar-refractivity contribution in [3.05, 3.63) is 65.6 Å². The number of fused-ring (bicyclic) bond motifs is 1. The number of hydrogen-bond donors (Lipinski definition) is 1. The Kier molecular flexibility index (Phi) is 6.03. The van der Waals surface area contributed by atoms with Gasteiger partial charge in [0.2, 0.25) is 10.0 Å². The molecule has 0 amide bonds. The molecule has 1 atom stereocenters. The van der Waals surface area contributed by atoms with E-state index in [4.69, 9.17) is 11.6 Å². The fourth-order valence-electron chi connectivity index (χ4n) is 3.25. The van der Waals surface area contributed by atoms with Crippen LogP contribution in [0.4, 0.5) is 13.2 Å². The van der Waals surface area contributed by atoms with E-state index in [9.17, 15) is 26.9 Å². The van der Waals surface area contributed by atoms with Gasteiger partial charge < -0.3 is 0 Å². The summed E-state index contributed by atoms with van der Waals surface area (Å²) < 4.78 is 66.2. The number of nitrogens with one attached hydrogen (secondary N) is 1. The van der Waals surface area contributed by atoms with Gasteiger partial charge in [0.25, 0.3) is 0 Å². The van der Waals surface area contributed by atoms with E-state index in [-0.39, 0.29) is 17.1 Å². The van der Waals surface area contributed by atoms with Crippen LogP contribution in [0.3, 0.4) is 0 Å². The molecule has 174 valence electrons. The second kappa shape index (κ2) is 8.68. The van der Waals surface area contributed by atoms with Gasteiger partial charge >= 0.3 is 6.18 Å². The number of benzene rings is 1. The van der Waals surface area contributed by atoms with Crippen LogP contribution >= 0.6 is 11.6 Å². The minimum absolute atomic E-state index is 0.0302. The molecule has 0 spiro atoms. The SMILES string of the molecule is C[C@H](NS(=O)(=O)c1cnc(-c2c(C#N)c3ccc(Cl)cc3n2-c2ccccn2)nc1)C(F)(F)F. The maximum absolute atomic E-state index is 12.8. The maximum atomic E-state index is 12.8. The summed E-state index contributed by atoms with van der Waals surface area (Å²) in [5.41, 5.74) is 0.953. The Morgan fingerprint density at radius 2 is 1.85 bits per heavy atom. The summed E-state index contributed by atoms with van der Waals surface area (Å²) >= 11 is 6.17. The zero-order chi connectivity index (χ0) is 24.7. The highest BCUT2D eigenvalue weighted by Gasteiger charge is 2.39. The third-order valence-electron chi connectivity index (χ3n) is 4.89. The molecule has 0 aliphatic heterocycles. The Balaban J connectivity index is 1.87. The molecule has 0 saturated carbocycles. The summed E-state index contributed by atoms with van der Waals surface area (Å²) in [5.74, 6) is 0.393. The summed E-state index contributed by atoms with van der Waals surface area (Å²) in [7, 11) is -4.55. The lowest BCUT2D eigenvalue weighted by Crippen LogP contribution is -2.43. The lowest BCUT2D eigenvalue weighted by molar-refractivity contribution is -0.147. The second-order valence-electron chi connectivity index (χ2n) is 7.15. The minimum Gasteiger partial charge on any atom is -0.289 e. The van der Waals surface area contributed by atoms with Gasteiger partial charge in [-0.05, 0) is 37.3 Å². The number of halogens is 4. The Morgan fingerprint density at radius 3 is 2.44 bits per heavy atom. The van der Waals surface area contributed by atoms with Crippen LogP contribution in [-0.4, -0.2) is 40.2 Å². The number of nitriles is 1. The molecule has 4 aromatic rings. The smallest absolute Gasteiger partial charge is 0.289 e. The molecule has 4 rings (SSSR count). The van der Waals surface area contributed by atoms with Crippen LogP contribution in [-0.2, 0) is 10.0 Å². The first-order valence-electron chi connectivity index (χ1n) is 9.60. The molecule has 0 aliphatic carbocycles. The van der Waals surface area contributed by atoms with Crippen LogP contribution in [0.15, 0.2) is 59.9 Å². The first-order chi connectivity index (χ1) is 16.0. The molecule has 0 unspecified atom stereocenters. The van der Waals surface area contributed by atoms with Crippen molar-refractivity contribution >= 4 is 32.5 Å². The molecular weight excluding hydrogens is 493 g/mol. The summed E-state index contributed by atoms with van der Waals surface area (Å²) in [6.07, 6.45) is -1.46. The van der Waals surface area contributed by atoms with E-state index in [0.717, 1.165) is 12.4 Å². The van der Waals surface area contributed by atoms with Gasteiger partial charge in [-0.1, -0.05) is 17.7 Å². The van der Waals surface area contributed by atoms with E-state index in [1.807, 2.05) is 0 Å². The van der Waals surface area contributed by atoms with Gasteiger partial charge in [-0.25, -0.2) is 23.4 Å². The Bertz CT molecular complexity index is 1510. The van der Waals surface area contributed by atoms with E-state index in [0.29, 0.717) is 28.7 Å². The number of aromatic nitrogens is 4. The molecule has 3 aromatic heterocycles. The number of pyridine rings is 1. The topological polar surface area (TPSA) is 114 Å². The molecule has 1 N–H and O–H groups in total. The van der Waals surface area contributed by atoms with Gasteiger partial charge in [-0.2, -0.15) is 23.2 Å². The molecule has 34 heavy (non-hydrogen) atoms. The zero-order valence-corrected chi connectivity index (χ0v) is 18.8. The Labute approximate surface area is 196 Å². The van der Waals surface area contributed by atoms with E-state index >= 15 is 0 Å². The predicted molar refractivity (Wildman–Crippen MR) is 118 cm³/mol. The Hall–Kier alpha value is -3.53. The molecule has 0 fully saturated rings. The standard InChI is InChI=1S/C21H14ClF3N6O2S/c1-12(21(23,24)25)30-34(32,33)14-10-28-20(29-11-14)19-16(9-26)15-6-5-13(22)8-17(15)31(19)18-4-2-3-7-27-18/h2-8,10-12,30H,1H3/t12-/m0/s1. The fraction of sp³-hybridized carbons (Fsp3) is 0.143. The highest BCUT2D eigenvalue weighted by Crippen LogP contribution is 2.35. The second-order valence-corrected chi connectivity index (χ2v) is 9.30. The molecule has 0 saturated heterocycles. The number of rotatable bonds is 5. The number of alkyl halides is 3. The quantitative estimate of drug-likeness (QED) is 0.433. The zero-order valence-electron chi connectivity index (χ0n) is 17.2. The van der Waals surface area contributed by atoms with Gasteiger partial charge in [0.05, 0.1) is 23.5 Å². The van der Waals surface area contributed by atoms with Crippen LogP contribution in [0.25, 0.3) is 28.2 Å². The third kappa shape index (κ3) is 4.33. The number of hydrogen-bond acceptors (Lipinski definition) is 6. The first kappa shape index (κ1) is 23.6. The molecule has 3 heterocycles. The normalized spacial score (nSPS) is 13.1. The Morgan fingerprint density at radius 1 is 1.15 bits per heavy atom. The summed E-state index contributed by atoms with van der Waals surface area (Å²) in [6, 6.07) is 9.83. The first-order valence-corrected chi connectivity index (χ1v) is 11.5. The lowest BCUT2D eigenvalue weighted by atomic mass is 10.1. The van der Waals surface area contributed by atoms with Gasteiger partial charge in [0, 0.05) is 16.6 Å². The molecule has 0 aliphatic rings. The van der Waals surface area contributed by atoms with Crippen LogP contribution in [0.2, 0.25) is 5.02 Å². The van der Waals surface area contributed by atoms with Gasteiger partial charge in [-0.15, -0.1) is 0 Å². The monoisotopic (exact) mass is 506 g/mol. The van der Waals surface area contributed by atoms with Crippen molar-refractivity contribution in [3.8, 4) is 23.4 Å². The molecule has 13 heteroatoms. The average molecular weight is 507 g/mol. The number of sulfonamides is 1. The molecule has 0 radical (unpaired) electrons. The van der Waals surface area contributed by atoms with Crippen LogP contribution < -0.4 is 4.72 Å². The lowest BCUT2D eigenvalue weighted by Gasteiger charge is -2.17. The highest BCUT2D eigenvalue weighted by atomic mass is 35.5. The summed E-state index contributed by atoms with van der Waals surface area (Å²) in [6.45, 7) is 0.683. The van der Waals surface area contributed by atoms with E-state index in [2.05, 4.69) is 21.0 Å². The largest absolute Gasteiger partial charge is 0.404 e. The van der Waals surface area contributed by atoms with Crippen LogP contribution in [0.1, 0.15) is 12.5 Å². The van der Waals surface area contributed by atoms with E-state index < -0.39 is 27.1 Å². The van der Waals surface area contributed by atoms with Crippen molar-refractivity contribution in [3.63, 3.8) is 0 Å². The van der Waals surface area contributed by atoms with Crippen molar-refractivity contribution in [1.29, 1.82) is 5.26 Å². The van der Waals surface area contributed by atoms with Crippen molar-refractivity contribution in [1.82, 2.24) is 24.2 Å². The van der Waals surface area contributed by atoms with Gasteiger partial charge in [-0.3, -0.25) is 4.57 Å². The number of nitrogens with zero attached hydrogens (tertiary/aromatic N) is 5. The van der Waals surface area contributed by atoms with Crippen molar-refractivity contribution < 1.29 is 21.6 Å². The predicted octanol–water partition coefficient (Wildman–Crippen LogP) is 4.24. The highest BCUT2D eigenvalue weighted by molar-refractivity contribution is 7.89. The van der Waals surface area contributed by atoms with Crippen molar-refractivity contribution in [2.24, 2.45) is 0 Å². The summed E-state index contributed by atoms with van der Waals surface area (Å²) in [5, 5.41) is 10.8. The fourth-order valence-corrected chi connectivity index (χ4v) is 4.54. The van der Waals surface area contributed by atoms with Gasteiger partial charge in [0.15, 0.2) is 5.82 Å². The van der Waals surface area contributed by atoms with E-state index in [1.165, 1.54) is 0 Å². The molecular formula is C21H14ClF3N6O2S. The summed E-state index contributed by atoms with van der Waals surface area (Å²) in [4.78, 5) is 11.9. The van der Waals surface area contributed by atoms with Crippen molar-refractivity contribution in [2.45, 2.75) is 24.0 Å². The third-order valence-corrected chi connectivity index (χ3v) is 6.62. The van der Waals surface area contributed by atoms with E-state index in [1.54, 1.807) is 51.9 Å². The molecule has 8 nitrogen and oxygen atoms in total. The minimum atomic E-state index is -4.76.